The van der Waals surface area contributed by atoms with E-state index in [9.17, 15) is 9.59 Å². The van der Waals surface area contributed by atoms with Gasteiger partial charge in [0.15, 0.2) is 6.61 Å². The molecule has 0 aliphatic rings. The fourth-order valence-electron chi connectivity index (χ4n) is 3.23. The van der Waals surface area contributed by atoms with E-state index in [-0.39, 0.29) is 25.0 Å². The summed E-state index contributed by atoms with van der Waals surface area (Å²) in [6.07, 6.45) is 0.465. The molecule has 2 amide bonds. The maximum atomic E-state index is 13.1. The van der Waals surface area contributed by atoms with Gasteiger partial charge in [-0.25, -0.2) is 0 Å². The fraction of sp³-hybridized carbons (Fsp3) is 0.391. The van der Waals surface area contributed by atoms with Crippen LogP contribution in [0.3, 0.4) is 0 Å². The van der Waals surface area contributed by atoms with Crippen LogP contribution in [-0.4, -0.2) is 35.9 Å². The first kappa shape index (κ1) is 24.0. The Hall–Kier alpha value is -2.24. The second kappa shape index (κ2) is 11.2. The highest BCUT2D eigenvalue weighted by molar-refractivity contribution is 6.35. The highest BCUT2D eigenvalue weighted by Gasteiger charge is 2.29. The van der Waals surface area contributed by atoms with E-state index in [1.54, 1.807) is 18.2 Å². The molecule has 0 saturated heterocycles. The number of carbonyl (C=O) groups is 2. The van der Waals surface area contributed by atoms with Gasteiger partial charge in [0, 0.05) is 23.1 Å². The van der Waals surface area contributed by atoms with E-state index in [1.807, 2.05) is 45.9 Å². The van der Waals surface area contributed by atoms with Crippen molar-refractivity contribution < 1.29 is 14.3 Å². The molecule has 0 unspecified atom stereocenters. The van der Waals surface area contributed by atoms with Gasteiger partial charge in [-0.15, -0.1) is 0 Å². The minimum atomic E-state index is -0.632. The van der Waals surface area contributed by atoms with Gasteiger partial charge in [0.2, 0.25) is 5.91 Å². The summed E-state index contributed by atoms with van der Waals surface area (Å²) in [5.41, 5.74) is 2.78. The number of rotatable bonds is 9. The molecular weight excluding hydrogens is 423 g/mol. The van der Waals surface area contributed by atoms with Crippen molar-refractivity contribution in [1.82, 2.24) is 10.2 Å². The quantitative estimate of drug-likeness (QED) is 0.588. The maximum absolute atomic E-state index is 13.1. The second-order valence-corrected chi connectivity index (χ2v) is 7.98. The largest absolute Gasteiger partial charge is 0.483 e. The van der Waals surface area contributed by atoms with E-state index >= 15 is 0 Å². The zero-order valence-electron chi connectivity index (χ0n) is 17.8. The van der Waals surface area contributed by atoms with Crippen molar-refractivity contribution in [3.63, 3.8) is 0 Å². The van der Waals surface area contributed by atoms with Crippen LogP contribution in [0.2, 0.25) is 10.0 Å². The number of carbonyl (C=O) groups excluding carboxylic acids is 2. The number of aryl methyl sites for hydroxylation is 2. The van der Waals surface area contributed by atoms with E-state index in [0.29, 0.717) is 34.3 Å². The van der Waals surface area contributed by atoms with Crippen LogP contribution in [-0.2, 0) is 16.1 Å². The fourth-order valence-corrected chi connectivity index (χ4v) is 3.70. The number of benzene rings is 2. The zero-order chi connectivity index (χ0) is 22.3. The Morgan fingerprint density at radius 1 is 1.10 bits per heavy atom. The number of likely N-dealkylation sites (N-methyl/N-ethyl adjacent to an activating group) is 1. The Balaban J connectivity index is 2.26. The number of amides is 2. The van der Waals surface area contributed by atoms with Crippen LogP contribution in [0.25, 0.3) is 0 Å². The third-order valence-electron chi connectivity index (χ3n) is 4.77. The van der Waals surface area contributed by atoms with Crippen LogP contribution in [0, 0.1) is 13.8 Å². The zero-order valence-corrected chi connectivity index (χ0v) is 19.3. The lowest BCUT2D eigenvalue weighted by Crippen LogP contribution is -2.50. The Morgan fingerprint density at radius 2 is 1.83 bits per heavy atom. The molecule has 1 N–H and O–H groups in total. The van der Waals surface area contributed by atoms with Crippen LogP contribution in [0.5, 0.6) is 5.75 Å². The first-order valence-corrected chi connectivity index (χ1v) is 10.7. The summed E-state index contributed by atoms with van der Waals surface area (Å²) in [7, 11) is 0. The molecule has 0 fully saturated rings. The van der Waals surface area contributed by atoms with Crippen molar-refractivity contribution in [3.05, 3.63) is 63.1 Å². The number of nitrogens with one attached hydrogen (secondary N) is 1. The summed E-state index contributed by atoms with van der Waals surface area (Å²) in [6, 6.07) is 10.2. The monoisotopic (exact) mass is 450 g/mol. The molecule has 2 rings (SSSR count). The number of hydrogen-bond acceptors (Lipinski definition) is 3. The molecule has 2 aromatic rings. The first-order valence-electron chi connectivity index (χ1n) is 9.97. The van der Waals surface area contributed by atoms with E-state index in [2.05, 4.69) is 5.32 Å². The van der Waals surface area contributed by atoms with Crippen molar-refractivity contribution in [1.29, 1.82) is 0 Å². The first-order chi connectivity index (χ1) is 14.3. The average molecular weight is 451 g/mol. The van der Waals surface area contributed by atoms with Gasteiger partial charge in [-0.05, 0) is 56.5 Å². The van der Waals surface area contributed by atoms with E-state index < -0.39 is 6.04 Å². The van der Waals surface area contributed by atoms with Gasteiger partial charge in [-0.3, -0.25) is 9.59 Å². The molecule has 0 radical (unpaired) electrons. The van der Waals surface area contributed by atoms with Crippen LogP contribution >= 0.6 is 23.2 Å². The third-order valence-corrected chi connectivity index (χ3v) is 5.36. The van der Waals surface area contributed by atoms with Gasteiger partial charge in [0.25, 0.3) is 5.91 Å². The third kappa shape index (κ3) is 6.38. The van der Waals surface area contributed by atoms with Gasteiger partial charge in [-0.2, -0.15) is 0 Å². The highest BCUT2D eigenvalue weighted by atomic mass is 35.5. The van der Waals surface area contributed by atoms with Crippen LogP contribution in [0.4, 0.5) is 0 Å². The smallest absolute Gasteiger partial charge is 0.261 e. The second-order valence-electron chi connectivity index (χ2n) is 7.13. The van der Waals surface area contributed by atoms with E-state index in [0.717, 1.165) is 11.1 Å². The average Bonchev–Trinajstić information content (AvgIpc) is 2.68. The van der Waals surface area contributed by atoms with Gasteiger partial charge in [0.1, 0.15) is 11.8 Å². The lowest BCUT2D eigenvalue weighted by atomic mass is 10.1. The van der Waals surface area contributed by atoms with Crippen LogP contribution < -0.4 is 10.1 Å². The summed E-state index contributed by atoms with van der Waals surface area (Å²) in [5, 5.41) is 3.76. The molecular formula is C23H28Cl2N2O3. The van der Waals surface area contributed by atoms with Crippen molar-refractivity contribution >= 4 is 35.0 Å². The molecule has 0 aliphatic heterocycles. The molecule has 1 atom stereocenters. The molecule has 0 aromatic heterocycles. The molecule has 0 saturated carbocycles. The topological polar surface area (TPSA) is 58.6 Å². The molecule has 7 heteroatoms. The van der Waals surface area contributed by atoms with Crippen molar-refractivity contribution in [2.45, 2.75) is 46.7 Å². The predicted molar refractivity (Wildman–Crippen MR) is 121 cm³/mol. The Labute approximate surface area is 188 Å². The summed E-state index contributed by atoms with van der Waals surface area (Å²) < 4.78 is 5.78. The highest BCUT2D eigenvalue weighted by Crippen LogP contribution is 2.24. The molecule has 0 heterocycles. The Morgan fingerprint density at radius 3 is 2.43 bits per heavy atom. The van der Waals surface area contributed by atoms with Crippen LogP contribution in [0.1, 0.15) is 37.0 Å². The summed E-state index contributed by atoms with van der Waals surface area (Å²) >= 11 is 12.3. The SMILES string of the molecule is CCNC(=O)[C@@H](CC)N(Cc1ccc(Cl)cc1Cl)C(=O)COc1ccc(C)cc1C. The normalized spacial score (nSPS) is 11.7. The van der Waals surface area contributed by atoms with Gasteiger partial charge in [-0.1, -0.05) is 53.9 Å². The van der Waals surface area contributed by atoms with Crippen molar-refractivity contribution in [2.24, 2.45) is 0 Å². The van der Waals surface area contributed by atoms with E-state index in [4.69, 9.17) is 27.9 Å². The number of nitrogens with zero attached hydrogens (tertiary/aromatic N) is 1. The lowest BCUT2D eigenvalue weighted by molar-refractivity contribution is -0.142. The Kier molecular flexibility index (Phi) is 9.00. The maximum Gasteiger partial charge on any atom is 0.261 e. The van der Waals surface area contributed by atoms with Crippen molar-refractivity contribution in [2.75, 3.05) is 13.2 Å². The van der Waals surface area contributed by atoms with Crippen molar-refractivity contribution in [3.8, 4) is 5.75 Å². The molecule has 0 spiro atoms. The number of ether oxygens (including phenoxy) is 1. The van der Waals surface area contributed by atoms with Crippen LogP contribution in [0.15, 0.2) is 36.4 Å². The summed E-state index contributed by atoms with van der Waals surface area (Å²) in [4.78, 5) is 27.3. The molecule has 2 aromatic carbocycles. The number of halogens is 2. The predicted octanol–water partition coefficient (Wildman–Crippen LogP) is 4.93. The molecule has 0 aliphatic carbocycles. The van der Waals surface area contributed by atoms with Gasteiger partial charge in [0.05, 0.1) is 0 Å². The molecule has 5 nitrogen and oxygen atoms in total. The minimum absolute atomic E-state index is 0.176. The standard InChI is InChI=1S/C23H28Cl2N2O3/c1-5-20(23(29)26-6-2)27(13-17-8-9-18(24)12-19(17)25)22(28)14-30-21-10-7-15(3)11-16(21)4/h7-12,20H,5-6,13-14H2,1-4H3,(H,26,29)/t20-/m1/s1. The molecule has 162 valence electrons. The summed E-state index contributed by atoms with van der Waals surface area (Å²) in [5.74, 6) is 0.147. The lowest BCUT2D eigenvalue weighted by Gasteiger charge is -2.30. The summed E-state index contributed by atoms with van der Waals surface area (Å²) in [6.45, 7) is 8.13. The Bertz CT molecular complexity index is 902. The number of hydrogen-bond donors (Lipinski definition) is 1. The minimum Gasteiger partial charge on any atom is -0.483 e. The molecule has 30 heavy (non-hydrogen) atoms. The molecule has 0 bridgehead atoms. The van der Waals surface area contributed by atoms with Gasteiger partial charge >= 0.3 is 0 Å². The van der Waals surface area contributed by atoms with E-state index in [1.165, 1.54) is 4.90 Å². The van der Waals surface area contributed by atoms with Gasteiger partial charge < -0.3 is 15.0 Å².